The zero-order chi connectivity index (χ0) is 14.5. The summed E-state index contributed by atoms with van der Waals surface area (Å²) in [5.41, 5.74) is 3.22. The van der Waals surface area contributed by atoms with Gasteiger partial charge < -0.3 is 5.11 Å². The molecular formula is C16H21ClN2O. The minimum atomic E-state index is -0.572. The number of aliphatic hydroxyl groups excluding tert-OH is 1. The molecule has 1 N–H and O–H groups in total. The van der Waals surface area contributed by atoms with Gasteiger partial charge in [-0.2, -0.15) is 5.10 Å². The summed E-state index contributed by atoms with van der Waals surface area (Å²) in [7, 11) is 0. The monoisotopic (exact) mass is 292 g/mol. The van der Waals surface area contributed by atoms with Gasteiger partial charge in [0.15, 0.2) is 0 Å². The maximum atomic E-state index is 10.4. The third kappa shape index (κ3) is 3.62. The fourth-order valence-electron chi connectivity index (χ4n) is 2.40. The van der Waals surface area contributed by atoms with E-state index in [2.05, 4.69) is 37.1 Å². The Labute approximate surface area is 125 Å². The van der Waals surface area contributed by atoms with Crippen molar-refractivity contribution in [1.82, 2.24) is 9.78 Å². The molecule has 1 unspecified atom stereocenters. The van der Waals surface area contributed by atoms with E-state index >= 15 is 0 Å². The summed E-state index contributed by atoms with van der Waals surface area (Å²) in [6.07, 6.45) is 3.49. The van der Waals surface area contributed by atoms with Gasteiger partial charge in [0, 0.05) is 6.54 Å². The Kier molecular flexibility index (Phi) is 5.21. The van der Waals surface area contributed by atoms with Crippen molar-refractivity contribution in [2.75, 3.05) is 0 Å². The first kappa shape index (κ1) is 15.1. The van der Waals surface area contributed by atoms with E-state index in [0.29, 0.717) is 11.4 Å². The van der Waals surface area contributed by atoms with Crippen molar-refractivity contribution in [3.8, 4) is 0 Å². The Morgan fingerprint density at radius 1 is 1.40 bits per heavy atom. The Bertz CT molecular complexity index is 565. The highest BCUT2D eigenvalue weighted by Crippen LogP contribution is 2.26. The molecule has 108 valence electrons. The zero-order valence-corrected chi connectivity index (χ0v) is 12.8. The zero-order valence-electron chi connectivity index (χ0n) is 12.0. The van der Waals surface area contributed by atoms with Crippen LogP contribution >= 0.6 is 11.6 Å². The Morgan fingerprint density at radius 3 is 2.90 bits per heavy atom. The fraction of sp³-hybridized carbons (Fsp3) is 0.438. The van der Waals surface area contributed by atoms with Crippen LogP contribution < -0.4 is 0 Å². The number of benzene rings is 1. The van der Waals surface area contributed by atoms with E-state index in [1.165, 1.54) is 11.1 Å². The van der Waals surface area contributed by atoms with Gasteiger partial charge in [-0.25, -0.2) is 0 Å². The number of halogens is 1. The maximum absolute atomic E-state index is 10.4. The van der Waals surface area contributed by atoms with Crippen LogP contribution in [0.15, 0.2) is 30.5 Å². The second kappa shape index (κ2) is 6.91. The van der Waals surface area contributed by atoms with Crippen molar-refractivity contribution in [1.29, 1.82) is 0 Å². The van der Waals surface area contributed by atoms with E-state index in [-0.39, 0.29) is 0 Å². The summed E-state index contributed by atoms with van der Waals surface area (Å²) in [6, 6.07) is 8.36. The van der Waals surface area contributed by atoms with Crippen LogP contribution in [-0.4, -0.2) is 14.9 Å². The second-order valence-electron chi connectivity index (χ2n) is 5.14. The number of aliphatic hydroxyl groups is 1. The number of aromatic nitrogens is 2. The molecule has 0 saturated heterocycles. The lowest BCUT2D eigenvalue weighted by molar-refractivity contribution is 0.156. The van der Waals surface area contributed by atoms with Crippen molar-refractivity contribution < 1.29 is 5.11 Å². The predicted octanol–water partition coefficient (Wildman–Crippen LogP) is 3.92. The molecule has 20 heavy (non-hydrogen) atoms. The summed E-state index contributed by atoms with van der Waals surface area (Å²) in [6.45, 7) is 4.94. The molecule has 1 aromatic heterocycles. The number of nitrogens with zero attached hydrogens (tertiary/aromatic N) is 2. The molecular weight excluding hydrogens is 272 g/mol. The highest BCUT2D eigenvalue weighted by molar-refractivity contribution is 6.31. The van der Waals surface area contributed by atoms with Gasteiger partial charge in [0.05, 0.1) is 23.0 Å². The van der Waals surface area contributed by atoms with Crippen molar-refractivity contribution in [2.24, 2.45) is 0 Å². The van der Waals surface area contributed by atoms with Crippen LogP contribution in [-0.2, 0) is 13.0 Å². The van der Waals surface area contributed by atoms with Crippen LogP contribution in [0.2, 0.25) is 5.02 Å². The maximum Gasteiger partial charge on any atom is 0.0975 e. The van der Waals surface area contributed by atoms with Crippen LogP contribution in [0.5, 0.6) is 0 Å². The molecule has 3 nitrogen and oxygen atoms in total. The van der Waals surface area contributed by atoms with E-state index in [4.69, 9.17) is 11.6 Å². The lowest BCUT2D eigenvalue weighted by Crippen LogP contribution is -2.10. The van der Waals surface area contributed by atoms with Gasteiger partial charge in [-0.05, 0) is 31.7 Å². The molecule has 0 aliphatic carbocycles. The first-order valence-corrected chi connectivity index (χ1v) is 7.44. The molecule has 0 fully saturated rings. The second-order valence-corrected chi connectivity index (χ2v) is 5.55. The lowest BCUT2D eigenvalue weighted by atomic mass is 10.0. The van der Waals surface area contributed by atoms with Crippen LogP contribution in [0.1, 0.15) is 42.7 Å². The van der Waals surface area contributed by atoms with Crippen LogP contribution in [0.25, 0.3) is 0 Å². The molecule has 1 aromatic carbocycles. The Balaban J connectivity index is 2.05. The molecule has 0 aliphatic heterocycles. The van der Waals surface area contributed by atoms with Gasteiger partial charge in [-0.3, -0.25) is 4.68 Å². The van der Waals surface area contributed by atoms with E-state index in [1.807, 2.05) is 10.7 Å². The summed E-state index contributed by atoms with van der Waals surface area (Å²) in [4.78, 5) is 0. The third-order valence-corrected chi connectivity index (χ3v) is 3.66. The number of hydrogen-bond donors (Lipinski definition) is 1. The minimum absolute atomic E-state index is 0.551. The molecule has 2 rings (SSSR count). The van der Waals surface area contributed by atoms with E-state index in [9.17, 15) is 5.11 Å². The molecule has 0 bridgehead atoms. The van der Waals surface area contributed by atoms with Crippen molar-refractivity contribution in [3.05, 3.63) is 52.3 Å². The summed E-state index contributed by atoms with van der Waals surface area (Å²) in [5, 5.41) is 15.2. The van der Waals surface area contributed by atoms with Crippen LogP contribution in [0.4, 0.5) is 0 Å². The number of aryl methyl sites for hydroxylation is 3. The van der Waals surface area contributed by atoms with Crippen molar-refractivity contribution in [3.63, 3.8) is 0 Å². The number of hydrogen-bond acceptors (Lipinski definition) is 2. The van der Waals surface area contributed by atoms with Crippen molar-refractivity contribution >= 4 is 11.6 Å². The largest absolute Gasteiger partial charge is 0.387 e. The molecule has 0 saturated carbocycles. The van der Waals surface area contributed by atoms with Gasteiger partial charge in [0.2, 0.25) is 0 Å². The van der Waals surface area contributed by atoms with E-state index in [1.54, 1.807) is 6.20 Å². The first-order valence-electron chi connectivity index (χ1n) is 7.06. The molecule has 0 aliphatic rings. The molecule has 2 aromatic rings. The molecule has 4 heteroatoms. The van der Waals surface area contributed by atoms with Crippen LogP contribution in [0, 0.1) is 6.92 Å². The van der Waals surface area contributed by atoms with Gasteiger partial charge in [0.1, 0.15) is 0 Å². The van der Waals surface area contributed by atoms with E-state index < -0.39 is 6.10 Å². The summed E-state index contributed by atoms with van der Waals surface area (Å²) in [5.74, 6) is 0. The quantitative estimate of drug-likeness (QED) is 0.876. The highest BCUT2D eigenvalue weighted by Gasteiger charge is 2.17. The van der Waals surface area contributed by atoms with Gasteiger partial charge in [-0.15, -0.1) is 0 Å². The predicted molar refractivity (Wildman–Crippen MR) is 82.0 cm³/mol. The number of rotatable bonds is 6. The minimum Gasteiger partial charge on any atom is -0.387 e. The highest BCUT2D eigenvalue weighted by atomic mass is 35.5. The normalized spacial score (nSPS) is 12.6. The molecule has 0 amide bonds. The first-order chi connectivity index (χ1) is 9.61. The van der Waals surface area contributed by atoms with Gasteiger partial charge >= 0.3 is 0 Å². The van der Waals surface area contributed by atoms with Crippen LogP contribution in [0.3, 0.4) is 0 Å². The van der Waals surface area contributed by atoms with Gasteiger partial charge in [0.25, 0.3) is 0 Å². The standard InChI is InChI=1S/C16H21ClN2O/c1-3-9-19-16(14(17)11-18-19)15(20)8-7-13-6-4-5-12(2)10-13/h4-6,10-11,15,20H,3,7-9H2,1-2H3. The molecule has 1 heterocycles. The Morgan fingerprint density at radius 2 is 2.20 bits per heavy atom. The lowest BCUT2D eigenvalue weighted by Gasteiger charge is -2.14. The SMILES string of the molecule is CCCn1ncc(Cl)c1C(O)CCc1cccc(C)c1. The summed E-state index contributed by atoms with van der Waals surface area (Å²) >= 11 is 6.14. The Hall–Kier alpha value is -1.32. The summed E-state index contributed by atoms with van der Waals surface area (Å²) < 4.78 is 1.81. The average Bonchev–Trinajstić information content (AvgIpc) is 2.78. The fourth-order valence-corrected chi connectivity index (χ4v) is 2.67. The molecule has 1 atom stereocenters. The topological polar surface area (TPSA) is 38.0 Å². The third-order valence-electron chi connectivity index (χ3n) is 3.37. The molecule has 0 spiro atoms. The van der Waals surface area contributed by atoms with Gasteiger partial charge in [-0.1, -0.05) is 48.4 Å². The van der Waals surface area contributed by atoms with E-state index in [0.717, 1.165) is 25.1 Å². The molecule has 0 radical (unpaired) electrons. The smallest absolute Gasteiger partial charge is 0.0975 e. The van der Waals surface area contributed by atoms with Crippen molar-refractivity contribution in [2.45, 2.75) is 45.8 Å². The average molecular weight is 293 g/mol.